The zero-order valence-electron chi connectivity index (χ0n) is 9.69. The molecule has 1 heterocycles. The molecule has 0 radical (unpaired) electrons. The van der Waals surface area contributed by atoms with Crippen molar-refractivity contribution in [1.82, 2.24) is 10.2 Å². The van der Waals surface area contributed by atoms with Crippen LogP contribution in [0.4, 0.5) is 0 Å². The third-order valence-corrected chi connectivity index (χ3v) is 2.43. The van der Waals surface area contributed by atoms with Gasteiger partial charge in [0.15, 0.2) is 0 Å². The van der Waals surface area contributed by atoms with Crippen LogP contribution >= 0.6 is 0 Å². The molecule has 1 unspecified atom stereocenters. The molecular weight excluding hydrogens is 210 g/mol. The maximum Gasteiger partial charge on any atom is 0.252 e. The molecule has 0 bridgehead atoms. The fourth-order valence-corrected chi connectivity index (χ4v) is 1.61. The van der Waals surface area contributed by atoms with Gasteiger partial charge in [-0.05, 0) is 20.8 Å². The summed E-state index contributed by atoms with van der Waals surface area (Å²) in [6, 6.07) is -1.62. The minimum atomic E-state index is -0.756. The Morgan fingerprint density at radius 3 is 2.38 bits per heavy atom. The van der Waals surface area contributed by atoms with Gasteiger partial charge in [0.1, 0.15) is 6.04 Å². The van der Waals surface area contributed by atoms with Crippen molar-refractivity contribution >= 4 is 17.7 Å². The molecule has 0 spiro atoms. The molecule has 0 aliphatic carbocycles. The highest BCUT2D eigenvalue weighted by molar-refractivity contribution is 6.07. The van der Waals surface area contributed by atoms with E-state index < -0.39 is 18.0 Å². The second-order valence-corrected chi connectivity index (χ2v) is 4.25. The van der Waals surface area contributed by atoms with E-state index in [2.05, 4.69) is 5.32 Å². The number of carbonyl (C=O) groups is 3. The standard InChI is InChI=1S/C10H17N3O3/c1-5(2)13-8(14)4-7(10(13)16)12-9(15)6(3)11/h5-7H,4,11H2,1-3H3,(H,12,15)/t6-,7?/m0/s1. The van der Waals surface area contributed by atoms with Crippen molar-refractivity contribution in [3.05, 3.63) is 0 Å². The van der Waals surface area contributed by atoms with E-state index in [1.807, 2.05) is 0 Å². The zero-order valence-corrected chi connectivity index (χ0v) is 9.69. The molecule has 3 amide bonds. The van der Waals surface area contributed by atoms with Gasteiger partial charge in [-0.15, -0.1) is 0 Å². The number of amides is 3. The van der Waals surface area contributed by atoms with Crippen LogP contribution < -0.4 is 11.1 Å². The van der Waals surface area contributed by atoms with Crippen LogP contribution in [0.1, 0.15) is 27.2 Å². The molecule has 90 valence electrons. The van der Waals surface area contributed by atoms with E-state index in [0.717, 1.165) is 0 Å². The number of nitrogens with two attached hydrogens (primary N) is 1. The molecule has 1 rings (SSSR count). The van der Waals surface area contributed by atoms with Crippen molar-refractivity contribution in [2.75, 3.05) is 0 Å². The largest absolute Gasteiger partial charge is 0.342 e. The summed E-state index contributed by atoms with van der Waals surface area (Å²) >= 11 is 0. The molecule has 0 aromatic heterocycles. The van der Waals surface area contributed by atoms with Gasteiger partial charge in [0.2, 0.25) is 11.8 Å². The van der Waals surface area contributed by atoms with E-state index in [4.69, 9.17) is 5.73 Å². The van der Waals surface area contributed by atoms with Crippen molar-refractivity contribution in [2.45, 2.75) is 45.3 Å². The molecule has 0 aromatic rings. The molecule has 1 saturated heterocycles. The highest BCUT2D eigenvalue weighted by Crippen LogP contribution is 2.16. The molecule has 1 aliphatic heterocycles. The summed E-state index contributed by atoms with van der Waals surface area (Å²) in [4.78, 5) is 35.8. The number of carbonyl (C=O) groups excluding carboxylic acids is 3. The molecule has 0 saturated carbocycles. The topological polar surface area (TPSA) is 92.5 Å². The Balaban J connectivity index is 2.70. The molecule has 1 aliphatic rings. The summed E-state index contributed by atoms with van der Waals surface area (Å²) in [6.45, 7) is 5.04. The Bertz CT molecular complexity index is 325. The van der Waals surface area contributed by atoms with Crippen LogP contribution in [0.25, 0.3) is 0 Å². The van der Waals surface area contributed by atoms with Gasteiger partial charge in [-0.25, -0.2) is 0 Å². The number of nitrogens with one attached hydrogen (secondary N) is 1. The van der Waals surface area contributed by atoms with E-state index in [9.17, 15) is 14.4 Å². The third kappa shape index (κ3) is 2.38. The van der Waals surface area contributed by atoms with Crippen molar-refractivity contribution in [1.29, 1.82) is 0 Å². The van der Waals surface area contributed by atoms with Crippen molar-refractivity contribution < 1.29 is 14.4 Å². The Labute approximate surface area is 94.2 Å². The van der Waals surface area contributed by atoms with Crippen molar-refractivity contribution in [3.8, 4) is 0 Å². The Morgan fingerprint density at radius 1 is 1.44 bits per heavy atom. The summed E-state index contributed by atoms with van der Waals surface area (Å²) < 4.78 is 0. The molecule has 6 heteroatoms. The highest BCUT2D eigenvalue weighted by atomic mass is 16.2. The second-order valence-electron chi connectivity index (χ2n) is 4.25. The monoisotopic (exact) mass is 227 g/mol. The molecule has 16 heavy (non-hydrogen) atoms. The smallest absolute Gasteiger partial charge is 0.252 e. The first kappa shape index (κ1) is 12.6. The van der Waals surface area contributed by atoms with Crippen LogP contribution in [0.2, 0.25) is 0 Å². The normalized spacial score (nSPS) is 22.8. The Morgan fingerprint density at radius 2 is 2.00 bits per heavy atom. The average molecular weight is 227 g/mol. The summed E-state index contributed by atoms with van der Waals surface area (Å²) in [5.41, 5.74) is 5.37. The maximum absolute atomic E-state index is 11.8. The zero-order chi connectivity index (χ0) is 12.5. The van der Waals surface area contributed by atoms with Gasteiger partial charge in [-0.3, -0.25) is 19.3 Å². The van der Waals surface area contributed by atoms with Crippen molar-refractivity contribution in [3.63, 3.8) is 0 Å². The van der Waals surface area contributed by atoms with Crippen LogP contribution in [0.5, 0.6) is 0 Å². The van der Waals surface area contributed by atoms with Gasteiger partial charge in [0.25, 0.3) is 5.91 Å². The predicted molar refractivity (Wildman–Crippen MR) is 57.2 cm³/mol. The number of imide groups is 1. The summed E-state index contributed by atoms with van der Waals surface area (Å²) in [5.74, 6) is -1.03. The number of hydrogen-bond acceptors (Lipinski definition) is 4. The molecule has 0 aromatic carbocycles. The minimum Gasteiger partial charge on any atom is -0.342 e. The van der Waals surface area contributed by atoms with Crippen LogP contribution in [-0.4, -0.2) is 40.7 Å². The lowest BCUT2D eigenvalue weighted by atomic mass is 10.2. The van der Waals surface area contributed by atoms with E-state index in [0.29, 0.717) is 0 Å². The van der Waals surface area contributed by atoms with Crippen LogP contribution in [0.3, 0.4) is 0 Å². The van der Waals surface area contributed by atoms with Gasteiger partial charge >= 0.3 is 0 Å². The lowest BCUT2D eigenvalue weighted by Crippen LogP contribution is -2.48. The average Bonchev–Trinajstić information content (AvgIpc) is 2.41. The van der Waals surface area contributed by atoms with Gasteiger partial charge in [0.05, 0.1) is 12.5 Å². The van der Waals surface area contributed by atoms with Crippen molar-refractivity contribution in [2.24, 2.45) is 5.73 Å². The van der Waals surface area contributed by atoms with Crippen LogP contribution in [0, 0.1) is 0 Å². The minimum absolute atomic E-state index is 0.0233. The number of likely N-dealkylation sites (tertiary alicyclic amines) is 1. The fourth-order valence-electron chi connectivity index (χ4n) is 1.61. The maximum atomic E-state index is 11.8. The molecule has 1 fully saturated rings. The first-order chi connectivity index (χ1) is 7.34. The quantitative estimate of drug-likeness (QED) is 0.604. The predicted octanol–water partition coefficient (Wildman–Crippen LogP) is -1.01. The fraction of sp³-hybridized carbons (Fsp3) is 0.700. The van der Waals surface area contributed by atoms with Gasteiger partial charge in [-0.1, -0.05) is 0 Å². The Kier molecular flexibility index (Phi) is 3.64. The summed E-state index contributed by atoms with van der Waals surface area (Å²) in [5, 5.41) is 2.47. The molecule has 2 atom stereocenters. The molecule has 6 nitrogen and oxygen atoms in total. The van der Waals surface area contributed by atoms with Gasteiger partial charge < -0.3 is 11.1 Å². The summed E-state index contributed by atoms with van der Waals surface area (Å²) in [6.07, 6.45) is 0.0233. The SMILES string of the molecule is CC(C)N1C(=O)CC(NC(=O)[C@H](C)N)C1=O. The molecular formula is C10H17N3O3. The molecule has 3 N–H and O–H groups in total. The van der Waals surface area contributed by atoms with Gasteiger partial charge in [-0.2, -0.15) is 0 Å². The van der Waals surface area contributed by atoms with E-state index >= 15 is 0 Å². The highest BCUT2D eigenvalue weighted by Gasteiger charge is 2.40. The number of rotatable bonds is 3. The van der Waals surface area contributed by atoms with Crippen LogP contribution in [-0.2, 0) is 14.4 Å². The van der Waals surface area contributed by atoms with E-state index in [1.54, 1.807) is 13.8 Å². The lowest BCUT2D eigenvalue weighted by molar-refractivity contribution is -0.141. The van der Waals surface area contributed by atoms with Crippen LogP contribution in [0.15, 0.2) is 0 Å². The second kappa shape index (κ2) is 4.61. The number of hydrogen-bond donors (Lipinski definition) is 2. The third-order valence-electron chi connectivity index (χ3n) is 2.43. The Hall–Kier alpha value is -1.43. The first-order valence-electron chi connectivity index (χ1n) is 5.26. The van der Waals surface area contributed by atoms with E-state index in [-0.39, 0.29) is 24.3 Å². The van der Waals surface area contributed by atoms with E-state index in [1.165, 1.54) is 11.8 Å². The number of nitrogens with zero attached hydrogens (tertiary/aromatic N) is 1. The summed E-state index contributed by atoms with van der Waals surface area (Å²) in [7, 11) is 0. The van der Waals surface area contributed by atoms with Gasteiger partial charge in [0, 0.05) is 6.04 Å². The lowest BCUT2D eigenvalue weighted by Gasteiger charge is -2.19. The first-order valence-corrected chi connectivity index (χ1v) is 5.26.